The molecule has 6 nitrogen and oxygen atoms in total. The van der Waals surface area contributed by atoms with Gasteiger partial charge < -0.3 is 14.7 Å². The van der Waals surface area contributed by atoms with Crippen LogP contribution in [0.4, 0.5) is 0 Å². The van der Waals surface area contributed by atoms with E-state index in [-0.39, 0.29) is 41.1 Å². The molecule has 0 radical (unpaired) electrons. The second-order valence-corrected chi connectivity index (χ2v) is 10.2. The Labute approximate surface area is 186 Å². The summed E-state index contributed by atoms with van der Waals surface area (Å²) in [5.74, 6) is -0.00281. The van der Waals surface area contributed by atoms with Gasteiger partial charge in [0, 0.05) is 50.1 Å². The Balaban J connectivity index is 1.56. The van der Waals surface area contributed by atoms with E-state index in [4.69, 9.17) is 0 Å². The van der Waals surface area contributed by atoms with Gasteiger partial charge in [-0.05, 0) is 53.0 Å². The van der Waals surface area contributed by atoms with E-state index in [0.717, 1.165) is 5.56 Å². The molecule has 1 aromatic carbocycles. The number of carbonyl (C=O) groups excluding carboxylic acids is 3. The lowest BCUT2D eigenvalue weighted by Crippen LogP contribution is -2.48. The van der Waals surface area contributed by atoms with Crippen LogP contribution < -0.4 is 0 Å². The lowest BCUT2D eigenvalue weighted by Gasteiger charge is -2.37. The fourth-order valence-corrected chi connectivity index (χ4v) is 4.66. The largest absolute Gasteiger partial charge is 0.342 e. The van der Waals surface area contributed by atoms with Crippen LogP contribution in [-0.2, 0) is 20.9 Å². The van der Waals surface area contributed by atoms with Crippen molar-refractivity contribution in [1.82, 2.24) is 14.7 Å². The predicted molar refractivity (Wildman–Crippen MR) is 121 cm³/mol. The van der Waals surface area contributed by atoms with Crippen molar-refractivity contribution in [3.63, 3.8) is 0 Å². The number of rotatable bonds is 5. The maximum Gasteiger partial charge on any atom is 0.227 e. The van der Waals surface area contributed by atoms with E-state index < -0.39 is 0 Å². The molecule has 1 atom stereocenters. The second-order valence-electron chi connectivity index (χ2n) is 10.2. The summed E-state index contributed by atoms with van der Waals surface area (Å²) in [7, 11) is 0. The van der Waals surface area contributed by atoms with E-state index in [9.17, 15) is 14.4 Å². The second kappa shape index (κ2) is 9.41. The summed E-state index contributed by atoms with van der Waals surface area (Å²) in [6.45, 7) is 12.4. The van der Waals surface area contributed by atoms with Crippen molar-refractivity contribution in [2.75, 3.05) is 19.6 Å². The SMILES string of the molecule is CC(C)N(Cc1ccccc1)C(=O)C1CCN(C(=O)C2CC(=O)N(C(C)(C)C)C2)CC1. The van der Waals surface area contributed by atoms with Crippen LogP contribution in [0.1, 0.15) is 59.4 Å². The van der Waals surface area contributed by atoms with E-state index in [2.05, 4.69) is 13.8 Å². The van der Waals surface area contributed by atoms with Gasteiger partial charge in [-0.1, -0.05) is 30.3 Å². The summed E-state index contributed by atoms with van der Waals surface area (Å²) >= 11 is 0. The maximum atomic E-state index is 13.2. The van der Waals surface area contributed by atoms with Gasteiger partial charge in [0.05, 0.1) is 5.92 Å². The molecule has 31 heavy (non-hydrogen) atoms. The van der Waals surface area contributed by atoms with Crippen LogP contribution >= 0.6 is 0 Å². The standard InChI is InChI=1S/C25H37N3O3/c1-18(2)27(16-19-9-7-6-8-10-19)24(31)20-11-13-26(14-12-20)23(30)21-15-22(29)28(17-21)25(3,4)5/h6-10,18,20-21H,11-17H2,1-5H3. The van der Waals surface area contributed by atoms with Gasteiger partial charge in [0.1, 0.15) is 0 Å². The molecule has 6 heteroatoms. The number of carbonyl (C=O) groups is 3. The van der Waals surface area contributed by atoms with Crippen molar-refractivity contribution >= 4 is 17.7 Å². The quantitative estimate of drug-likeness (QED) is 0.724. The summed E-state index contributed by atoms with van der Waals surface area (Å²) in [6, 6.07) is 10.2. The molecule has 1 unspecified atom stereocenters. The van der Waals surface area contributed by atoms with Crippen molar-refractivity contribution in [3.05, 3.63) is 35.9 Å². The number of benzene rings is 1. The normalized spacial score (nSPS) is 20.5. The molecule has 0 saturated carbocycles. The topological polar surface area (TPSA) is 60.9 Å². The molecule has 2 heterocycles. The number of amides is 3. The highest BCUT2D eigenvalue weighted by Crippen LogP contribution is 2.29. The van der Waals surface area contributed by atoms with Gasteiger partial charge in [-0.25, -0.2) is 0 Å². The van der Waals surface area contributed by atoms with Crippen molar-refractivity contribution in [3.8, 4) is 0 Å². The number of likely N-dealkylation sites (tertiary alicyclic amines) is 2. The summed E-state index contributed by atoms with van der Waals surface area (Å²) in [5, 5.41) is 0. The molecular weight excluding hydrogens is 390 g/mol. The smallest absolute Gasteiger partial charge is 0.227 e. The number of hydrogen-bond donors (Lipinski definition) is 0. The summed E-state index contributed by atoms with van der Waals surface area (Å²) in [4.78, 5) is 44.3. The van der Waals surface area contributed by atoms with E-state index in [0.29, 0.717) is 45.4 Å². The lowest BCUT2D eigenvalue weighted by atomic mass is 9.93. The molecular formula is C25H37N3O3. The first-order valence-electron chi connectivity index (χ1n) is 11.5. The van der Waals surface area contributed by atoms with Crippen LogP contribution in [-0.4, -0.2) is 63.6 Å². The molecule has 0 bridgehead atoms. The van der Waals surface area contributed by atoms with Gasteiger partial charge in [-0.3, -0.25) is 14.4 Å². The molecule has 0 N–H and O–H groups in total. The lowest BCUT2D eigenvalue weighted by molar-refractivity contribution is -0.144. The highest BCUT2D eigenvalue weighted by molar-refractivity contribution is 5.90. The Morgan fingerprint density at radius 1 is 1.06 bits per heavy atom. The summed E-state index contributed by atoms with van der Waals surface area (Å²) in [6.07, 6.45) is 1.67. The Morgan fingerprint density at radius 3 is 2.19 bits per heavy atom. The van der Waals surface area contributed by atoms with Gasteiger partial charge >= 0.3 is 0 Å². The molecule has 0 aliphatic carbocycles. The molecule has 3 rings (SSSR count). The third-order valence-electron chi connectivity index (χ3n) is 6.54. The number of nitrogens with zero attached hydrogens (tertiary/aromatic N) is 3. The fourth-order valence-electron chi connectivity index (χ4n) is 4.66. The Morgan fingerprint density at radius 2 is 1.68 bits per heavy atom. The maximum absolute atomic E-state index is 13.2. The molecule has 2 aliphatic rings. The Hall–Kier alpha value is -2.37. The van der Waals surface area contributed by atoms with Gasteiger partial charge in [0.25, 0.3) is 0 Å². The average molecular weight is 428 g/mol. The Bertz CT molecular complexity index is 792. The van der Waals surface area contributed by atoms with Gasteiger partial charge in [0.15, 0.2) is 0 Å². The van der Waals surface area contributed by atoms with Gasteiger partial charge in [0.2, 0.25) is 17.7 Å². The highest BCUT2D eigenvalue weighted by atomic mass is 16.2. The molecule has 0 aromatic heterocycles. The Kier molecular flexibility index (Phi) is 7.07. The van der Waals surface area contributed by atoms with Crippen LogP contribution in [0.15, 0.2) is 30.3 Å². The zero-order valence-electron chi connectivity index (χ0n) is 19.6. The first kappa shape index (κ1) is 23.3. The van der Waals surface area contributed by atoms with Gasteiger partial charge in [-0.15, -0.1) is 0 Å². The first-order chi connectivity index (χ1) is 14.6. The van der Waals surface area contributed by atoms with E-state index >= 15 is 0 Å². The number of piperidine rings is 1. The summed E-state index contributed by atoms with van der Waals surface area (Å²) < 4.78 is 0. The van der Waals surface area contributed by atoms with Crippen LogP contribution in [0.2, 0.25) is 0 Å². The van der Waals surface area contributed by atoms with Crippen molar-refractivity contribution in [1.29, 1.82) is 0 Å². The van der Waals surface area contributed by atoms with E-state index in [1.807, 2.05) is 65.8 Å². The predicted octanol–water partition coefficient (Wildman–Crippen LogP) is 3.31. The minimum absolute atomic E-state index is 0.0496. The minimum Gasteiger partial charge on any atom is -0.342 e. The molecule has 2 aliphatic heterocycles. The van der Waals surface area contributed by atoms with Crippen LogP contribution in [0.3, 0.4) is 0 Å². The van der Waals surface area contributed by atoms with Gasteiger partial charge in [-0.2, -0.15) is 0 Å². The zero-order valence-corrected chi connectivity index (χ0v) is 19.6. The molecule has 1 aromatic rings. The minimum atomic E-state index is -0.260. The van der Waals surface area contributed by atoms with Crippen LogP contribution in [0.25, 0.3) is 0 Å². The fraction of sp³-hybridized carbons (Fsp3) is 0.640. The molecule has 0 spiro atoms. The molecule has 170 valence electrons. The molecule has 2 fully saturated rings. The zero-order chi connectivity index (χ0) is 22.8. The third kappa shape index (κ3) is 5.46. The monoisotopic (exact) mass is 427 g/mol. The molecule has 2 saturated heterocycles. The van der Waals surface area contributed by atoms with Crippen LogP contribution in [0.5, 0.6) is 0 Å². The van der Waals surface area contributed by atoms with E-state index in [1.54, 1.807) is 0 Å². The van der Waals surface area contributed by atoms with Crippen molar-refractivity contribution in [2.24, 2.45) is 11.8 Å². The third-order valence-corrected chi connectivity index (χ3v) is 6.54. The summed E-state index contributed by atoms with van der Waals surface area (Å²) in [5.41, 5.74) is 0.872. The molecule has 3 amide bonds. The van der Waals surface area contributed by atoms with E-state index in [1.165, 1.54) is 0 Å². The highest BCUT2D eigenvalue weighted by Gasteiger charge is 2.42. The van der Waals surface area contributed by atoms with Crippen LogP contribution in [0, 0.1) is 11.8 Å². The van der Waals surface area contributed by atoms with Crippen molar-refractivity contribution in [2.45, 2.75) is 72.0 Å². The number of hydrogen-bond acceptors (Lipinski definition) is 3. The van der Waals surface area contributed by atoms with Crippen molar-refractivity contribution < 1.29 is 14.4 Å². The first-order valence-corrected chi connectivity index (χ1v) is 11.5. The average Bonchev–Trinajstić information content (AvgIpc) is 3.14.